The molecule has 0 bridgehead atoms. The highest BCUT2D eigenvalue weighted by Crippen LogP contribution is 1.96. The molecule has 0 fully saturated rings. The van der Waals surface area contributed by atoms with Gasteiger partial charge < -0.3 is 16.4 Å². The van der Waals surface area contributed by atoms with Crippen LogP contribution >= 0.6 is 0 Å². The molecule has 4 N–H and O–H groups in total. The van der Waals surface area contributed by atoms with Crippen LogP contribution in [-0.2, 0) is 16.1 Å². The van der Waals surface area contributed by atoms with Crippen molar-refractivity contribution in [2.75, 3.05) is 13.1 Å². The summed E-state index contributed by atoms with van der Waals surface area (Å²) in [5.74, 6) is -0.415. The predicted molar refractivity (Wildman–Crippen MR) is 69.6 cm³/mol. The monoisotopic (exact) mass is 249 g/mol. The van der Waals surface area contributed by atoms with Crippen molar-refractivity contribution in [1.82, 2.24) is 10.6 Å². The zero-order valence-electron chi connectivity index (χ0n) is 10.3. The smallest absolute Gasteiger partial charge is 0.233 e. The number of amides is 2. The van der Waals surface area contributed by atoms with Crippen molar-refractivity contribution in [2.24, 2.45) is 5.73 Å². The average molecular weight is 249 g/mol. The number of hydrogen-bond donors (Lipinski definition) is 3. The fourth-order valence-corrected chi connectivity index (χ4v) is 1.47. The maximum Gasteiger partial charge on any atom is 0.233 e. The van der Waals surface area contributed by atoms with E-state index in [1.54, 1.807) is 0 Å². The molecule has 5 heteroatoms. The third kappa shape index (κ3) is 6.65. The molecular formula is C13H19N3O2. The zero-order chi connectivity index (χ0) is 13.2. The van der Waals surface area contributed by atoms with E-state index in [1.165, 1.54) is 0 Å². The molecule has 1 aromatic carbocycles. The van der Waals surface area contributed by atoms with E-state index in [4.69, 9.17) is 5.73 Å². The van der Waals surface area contributed by atoms with Gasteiger partial charge in [-0.25, -0.2) is 0 Å². The molecule has 0 saturated heterocycles. The van der Waals surface area contributed by atoms with Crippen LogP contribution < -0.4 is 16.4 Å². The third-order valence-electron chi connectivity index (χ3n) is 2.38. The normalized spacial score (nSPS) is 10.0. The molecule has 0 heterocycles. The first-order valence-corrected chi connectivity index (χ1v) is 5.98. The van der Waals surface area contributed by atoms with E-state index in [1.807, 2.05) is 30.3 Å². The molecule has 98 valence electrons. The largest absolute Gasteiger partial charge is 0.370 e. The first-order valence-electron chi connectivity index (χ1n) is 5.98. The second kappa shape index (κ2) is 8.25. The summed E-state index contributed by atoms with van der Waals surface area (Å²) < 4.78 is 0. The Bertz CT molecular complexity index is 379. The molecule has 0 atom stereocenters. The first kappa shape index (κ1) is 14.2. The molecule has 0 aromatic heterocycles. The minimum Gasteiger partial charge on any atom is -0.370 e. The predicted octanol–water partition coefficient (Wildman–Crippen LogP) is 0.158. The summed E-state index contributed by atoms with van der Waals surface area (Å²) >= 11 is 0. The van der Waals surface area contributed by atoms with Crippen LogP contribution in [0.25, 0.3) is 0 Å². The van der Waals surface area contributed by atoms with Crippen molar-refractivity contribution in [3.63, 3.8) is 0 Å². The minimum absolute atomic E-state index is 0.0737. The number of carbonyl (C=O) groups is 2. The number of nitrogens with one attached hydrogen (secondary N) is 2. The molecule has 1 aromatic rings. The average Bonchev–Trinajstić information content (AvgIpc) is 2.36. The highest BCUT2D eigenvalue weighted by molar-refractivity contribution is 5.78. The van der Waals surface area contributed by atoms with E-state index in [0.29, 0.717) is 25.9 Å². The number of hydrogen-bond acceptors (Lipinski definition) is 3. The van der Waals surface area contributed by atoms with Gasteiger partial charge >= 0.3 is 0 Å². The molecule has 0 unspecified atom stereocenters. The zero-order valence-corrected chi connectivity index (χ0v) is 10.3. The molecule has 0 aliphatic rings. The van der Waals surface area contributed by atoms with Crippen molar-refractivity contribution in [2.45, 2.75) is 19.4 Å². The van der Waals surface area contributed by atoms with Gasteiger partial charge in [0.1, 0.15) is 0 Å². The van der Waals surface area contributed by atoms with Gasteiger partial charge in [-0.2, -0.15) is 0 Å². The lowest BCUT2D eigenvalue weighted by molar-refractivity contribution is -0.121. The molecule has 0 radical (unpaired) electrons. The summed E-state index contributed by atoms with van der Waals surface area (Å²) in [5, 5.41) is 5.76. The number of nitrogens with two attached hydrogens (primary N) is 1. The Morgan fingerprint density at radius 1 is 1.17 bits per heavy atom. The van der Waals surface area contributed by atoms with Gasteiger partial charge in [0.15, 0.2) is 0 Å². The van der Waals surface area contributed by atoms with Gasteiger partial charge in [0.2, 0.25) is 11.8 Å². The van der Waals surface area contributed by atoms with Gasteiger partial charge in [-0.3, -0.25) is 9.59 Å². The maximum absolute atomic E-state index is 11.4. The van der Waals surface area contributed by atoms with Crippen molar-refractivity contribution < 1.29 is 9.59 Å². The Morgan fingerprint density at radius 3 is 2.56 bits per heavy atom. The summed E-state index contributed by atoms with van der Waals surface area (Å²) in [4.78, 5) is 21.9. The van der Waals surface area contributed by atoms with Crippen molar-refractivity contribution in [3.8, 4) is 0 Å². The Hall–Kier alpha value is -1.88. The summed E-state index contributed by atoms with van der Waals surface area (Å²) in [6.07, 6.45) is 0.886. The highest BCUT2D eigenvalue weighted by atomic mass is 16.2. The fraction of sp³-hybridized carbons (Fsp3) is 0.385. The van der Waals surface area contributed by atoms with Crippen molar-refractivity contribution in [3.05, 3.63) is 35.9 Å². The highest BCUT2D eigenvalue weighted by Gasteiger charge is 2.00. The lowest BCUT2D eigenvalue weighted by atomic mass is 10.2. The van der Waals surface area contributed by atoms with E-state index in [9.17, 15) is 9.59 Å². The summed E-state index contributed by atoms with van der Waals surface area (Å²) in [5.41, 5.74) is 6.13. The van der Waals surface area contributed by atoms with Crippen LogP contribution in [0, 0.1) is 0 Å². The minimum atomic E-state index is -0.341. The van der Waals surface area contributed by atoms with Gasteiger partial charge in [-0.05, 0) is 12.0 Å². The molecule has 0 aliphatic carbocycles. The Kier molecular flexibility index (Phi) is 6.50. The molecule has 5 nitrogen and oxygen atoms in total. The number of carbonyl (C=O) groups excluding carboxylic acids is 2. The van der Waals surface area contributed by atoms with Gasteiger partial charge in [0, 0.05) is 19.5 Å². The van der Waals surface area contributed by atoms with E-state index in [-0.39, 0.29) is 18.4 Å². The summed E-state index contributed by atoms with van der Waals surface area (Å²) in [7, 11) is 0. The van der Waals surface area contributed by atoms with Crippen molar-refractivity contribution >= 4 is 11.8 Å². The van der Waals surface area contributed by atoms with Gasteiger partial charge in [0.05, 0.1) is 6.54 Å². The molecule has 1 rings (SSSR count). The molecule has 2 amide bonds. The standard InChI is InChI=1S/C13H19N3O2/c14-12(17)7-4-8-16-13(18)10-15-9-11-5-2-1-3-6-11/h1-3,5-6,15H,4,7-10H2,(H2,14,17)(H,16,18). The van der Waals surface area contributed by atoms with Crippen LogP contribution in [0.3, 0.4) is 0 Å². The van der Waals surface area contributed by atoms with Gasteiger partial charge in [0.25, 0.3) is 0 Å². The van der Waals surface area contributed by atoms with E-state index in [2.05, 4.69) is 10.6 Å². The van der Waals surface area contributed by atoms with Gasteiger partial charge in [-0.1, -0.05) is 30.3 Å². The lowest BCUT2D eigenvalue weighted by Crippen LogP contribution is -2.34. The molecule has 0 spiro atoms. The quantitative estimate of drug-likeness (QED) is 0.574. The van der Waals surface area contributed by atoms with E-state index < -0.39 is 0 Å². The number of benzene rings is 1. The van der Waals surface area contributed by atoms with Crippen molar-refractivity contribution in [1.29, 1.82) is 0 Å². The first-order chi connectivity index (χ1) is 8.68. The van der Waals surface area contributed by atoms with Crippen LogP contribution in [0.1, 0.15) is 18.4 Å². The molecule has 0 aliphatic heterocycles. The number of primary amides is 1. The fourth-order valence-electron chi connectivity index (χ4n) is 1.47. The molecular weight excluding hydrogens is 230 g/mol. The third-order valence-corrected chi connectivity index (χ3v) is 2.38. The summed E-state index contributed by atoms with van der Waals surface area (Å²) in [6, 6.07) is 9.87. The van der Waals surface area contributed by atoms with Crippen LogP contribution in [0.15, 0.2) is 30.3 Å². The SMILES string of the molecule is NC(=O)CCCNC(=O)CNCc1ccccc1. The maximum atomic E-state index is 11.4. The second-order valence-electron chi connectivity index (χ2n) is 4.01. The Balaban J connectivity index is 2.05. The van der Waals surface area contributed by atoms with E-state index in [0.717, 1.165) is 5.56 Å². The topological polar surface area (TPSA) is 84.2 Å². The Morgan fingerprint density at radius 2 is 1.89 bits per heavy atom. The van der Waals surface area contributed by atoms with Crippen LogP contribution in [0.2, 0.25) is 0 Å². The Labute approximate surface area is 107 Å². The van der Waals surface area contributed by atoms with Crippen LogP contribution in [0.5, 0.6) is 0 Å². The number of rotatable bonds is 8. The molecule has 18 heavy (non-hydrogen) atoms. The summed E-state index contributed by atoms with van der Waals surface area (Å²) in [6.45, 7) is 1.41. The van der Waals surface area contributed by atoms with Crippen LogP contribution in [0.4, 0.5) is 0 Å². The van der Waals surface area contributed by atoms with E-state index >= 15 is 0 Å². The van der Waals surface area contributed by atoms with Gasteiger partial charge in [-0.15, -0.1) is 0 Å². The second-order valence-corrected chi connectivity index (χ2v) is 4.01. The lowest BCUT2D eigenvalue weighted by Gasteiger charge is -2.06. The van der Waals surface area contributed by atoms with Crippen LogP contribution in [-0.4, -0.2) is 24.9 Å². The molecule has 0 saturated carbocycles.